The molecular formula is C6H9N2O2. The van der Waals surface area contributed by atoms with Crippen LogP contribution in [0.5, 0.6) is 0 Å². The molecule has 2 N–H and O–H groups in total. The van der Waals surface area contributed by atoms with Crippen molar-refractivity contribution in [2.24, 2.45) is 5.73 Å². The fourth-order valence-electron chi connectivity index (χ4n) is 1.05. The lowest BCUT2D eigenvalue weighted by molar-refractivity contribution is -0.128. The molecule has 4 heteroatoms. The van der Waals surface area contributed by atoms with Crippen molar-refractivity contribution in [2.75, 3.05) is 6.54 Å². The zero-order valence-corrected chi connectivity index (χ0v) is 5.49. The first-order chi connectivity index (χ1) is 4.75. The van der Waals surface area contributed by atoms with E-state index in [9.17, 15) is 9.59 Å². The molecule has 4 nitrogen and oxygen atoms in total. The van der Waals surface area contributed by atoms with E-state index in [1.165, 1.54) is 4.90 Å². The van der Waals surface area contributed by atoms with E-state index in [4.69, 9.17) is 5.73 Å². The van der Waals surface area contributed by atoms with Crippen LogP contribution in [0.4, 0.5) is 0 Å². The molecule has 1 aliphatic rings. The van der Waals surface area contributed by atoms with Gasteiger partial charge in [0.25, 0.3) is 0 Å². The maximum atomic E-state index is 10.6. The summed E-state index contributed by atoms with van der Waals surface area (Å²) in [6, 6.07) is -0.475. The Bertz CT molecular complexity index is 158. The van der Waals surface area contributed by atoms with E-state index in [1.807, 2.05) is 0 Å². The minimum absolute atomic E-state index is 0.454. The Kier molecular flexibility index (Phi) is 1.89. The van der Waals surface area contributed by atoms with E-state index in [0.717, 1.165) is 6.42 Å². The van der Waals surface area contributed by atoms with Crippen molar-refractivity contribution in [1.29, 1.82) is 0 Å². The lowest BCUT2D eigenvalue weighted by atomic mass is 10.2. The summed E-state index contributed by atoms with van der Waals surface area (Å²) in [4.78, 5) is 22.2. The Hall–Kier alpha value is -1.06. The number of hydrogen-bond donors (Lipinski definition) is 1. The Labute approximate surface area is 59.0 Å². The molecule has 0 aromatic carbocycles. The number of nitrogens with zero attached hydrogens (tertiary/aromatic N) is 1. The first-order valence-corrected chi connectivity index (χ1v) is 3.09. The smallest absolute Gasteiger partial charge is 0.240 e. The summed E-state index contributed by atoms with van der Waals surface area (Å²) in [6.07, 6.45) is 3.15. The highest BCUT2D eigenvalue weighted by Gasteiger charge is 2.27. The van der Waals surface area contributed by atoms with Crippen molar-refractivity contribution in [3.8, 4) is 0 Å². The monoisotopic (exact) mass is 141 g/mol. The molecule has 0 aliphatic carbocycles. The first-order valence-electron chi connectivity index (χ1n) is 3.09. The Morgan fingerprint density at radius 1 is 1.80 bits per heavy atom. The Morgan fingerprint density at radius 2 is 2.50 bits per heavy atom. The highest BCUT2D eigenvalue weighted by Crippen LogP contribution is 2.12. The average Bonchev–Trinajstić information content (AvgIpc) is 2.33. The Morgan fingerprint density at radius 3 is 2.90 bits per heavy atom. The maximum Gasteiger partial charge on any atom is 0.240 e. The van der Waals surface area contributed by atoms with Gasteiger partial charge in [-0.15, -0.1) is 0 Å². The largest absolute Gasteiger partial charge is 0.368 e. The molecule has 1 aliphatic heterocycles. The molecule has 1 heterocycles. The Balaban J connectivity index is 2.58. The normalized spacial score (nSPS) is 24.8. The molecule has 1 radical (unpaired) electrons. The molecule has 0 saturated carbocycles. The van der Waals surface area contributed by atoms with E-state index >= 15 is 0 Å². The SMILES string of the molecule is NC(=O)[C@H]1[CH]CCN1C=O. The lowest BCUT2D eigenvalue weighted by Gasteiger charge is -2.14. The number of rotatable bonds is 2. The predicted molar refractivity (Wildman–Crippen MR) is 34.7 cm³/mol. The van der Waals surface area contributed by atoms with Crippen molar-refractivity contribution < 1.29 is 9.59 Å². The third kappa shape index (κ3) is 1.10. The molecule has 1 saturated heterocycles. The molecule has 0 spiro atoms. The molecule has 1 rings (SSSR count). The van der Waals surface area contributed by atoms with E-state index in [-0.39, 0.29) is 0 Å². The number of nitrogens with two attached hydrogens (primary N) is 1. The van der Waals surface area contributed by atoms with E-state index in [0.29, 0.717) is 13.0 Å². The van der Waals surface area contributed by atoms with Crippen LogP contribution in [0.1, 0.15) is 6.42 Å². The first kappa shape index (κ1) is 7.05. The number of carbonyl (C=O) groups is 2. The number of likely N-dealkylation sites (tertiary alicyclic amines) is 1. The molecule has 2 amide bonds. The number of primary amides is 1. The highest BCUT2D eigenvalue weighted by molar-refractivity contribution is 5.84. The van der Waals surface area contributed by atoms with Crippen molar-refractivity contribution in [1.82, 2.24) is 4.90 Å². The minimum Gasteiger partial charge on any atom is -0.368 e. The van der Waals surface area contributed by atoms with Crippen molar-refractivity contribution in [3.05, 3.63) is 6.42 Å². The third-order valence-electron chi connectivity index (χ3n) is 1.56. The van der Waals surface area contributed by atoms with Gasteiger partial charge in [0.15, 0.2) is 0 Å². The summed E-state index contributed by atoms with van der Waals surface area (Å²) < 4.78 is 0. The molecule has 55 valence electrons. The van der Waals surface area contributed by atoms with Crippen LogP contribution in [0.25, 0.3) is 0 Å². The second kappa shape index (κ2) is 2.68. The second-order valence-corrected chi connectivity index (χ2v) is 2.21. The van der Waals surface area contributed by atoms with Gasteiger partial charge in [-0.3, -0.25) is 9.59 Å². The standard InChI is InChI=1S/C6H9N2O2/c7-6(10)5-2-1-3-8(5)4-9/h2,4-5H,1,3H2,(H2,7,10)/t5-/m1/s1. The predicted octanol–water partition coefficient (Wildman–Crippen LogP) is -1.09. The zero-order chi connectivity index (χ0) is 7.56. The third-order valence-corrected chi connectivity index (χ3v) is 1.56. The van der Waals surface area contributed by atoms with Gasteiger partial charge in [-0.1, -0.05) is 0 Å². The summed E-state index contributed by atoms with van der Waals surface area (Å²) in [5.41, 5.74) is 4.99. The number of amides is 2. The van der Waals surface area contributed by atoms with Gasteiger partial charge >= 0.3 is 0 Å². The van der Waals surface area contributed by atoms with E-state index in [1.54, 1.807) is 6.42 Å². The summed E-state index contributed by atoms with van der Waals surface area (Å²) in [5.74, 6) is -0.454. The van der Waals surface area contributed by atoms with Crippen LogP contribution in [0.3, 0.4) is 0 Å². The zero-order valence-electron chi connectivity index (χ0n) is 5.49. The van der Waals surface area contributed by atoms with Gasteiger partial charge in [-0.25, -0.2) is 0 Å². The van der Waals surface area contributed by atoms with E-state index < -0.39 is 11.9 Å². The van der Waals surface area contributed by atoms with Crippen LogP contribution in [-0.2, 0) is 9.59 Å². The van der Waals surface area contributed by atoms with Gasteiger partial charge < -0.3 is 10.6 Å². The summed E-state index contributed by atoms with van der Waals surface area (Å²) in [6.45, 7) is 0.608. The van der Waals surface area contributed by atoms with Crippen molar-refractivity contribution in [2.45, 2.75) is 12.5 Å². The van der Waals surface area contributed by atoms with Crippen LogP contribution in [-0.4, -0.2) is 29.8 Å². The number of carbonyl (C=O) groups excluding carboxylic acids is 2. The fraction of sp³-hybridized carbons (Fsp3) is 0.500. The topological polar surface area (TPSA) is 63.4 Å². The minimum atomic E-state index is -0.475. The van der Waals surface area contributed by atoms with Crippen molar-refractivity contribution >= 4 is 12.3 Å². The van der Waals surface area contributed by atoms with Gasteiger partial charge in [-0.2, -0.15) is 0 Å². The van der Waals surface area contributed by atoms with E-state index in [2.05, 4.69) is 0 Å². The van der Waals surface area contributed by atoms with Gasteiger partial charge in [0, 0.05) is 6.54 Å². The molecule has 0 aromatic heterocycles. The molecule has 0 unspecified atom stereocenters. The van der Waals surface area contributed by atoms with Crippen LogP contribution >= 0.6 is 0 Å². The molecule has 0 aromatic rings. The molecule has 10 heavy (non-hydrogen) atoms. The molecule has 1 fully saturated rings. The van der Waals surface area contributed by atoms with Crippen LogP contribution in [0.15, 0.2) is 0 Å². The molecule has 1 atom stereocenters. The van der Waals surface area contributed by atoms with Gasteiger partial charge in [0.1, 0.15) is 6.04 Å². The highest BCUT2D eigenvalue weighted by atomic mass is 16.2. The summed E-state index contributed by atoms with van der Waals surface area (Å²) in [7, 11) is 0. The fourth-order valence-corrected chi connectivity index (χ4v) is 1.05. The average molecular weight is 141 g/mol. The van der Waals surface area contributed by atoms with Gasteiger partial charge in [0.05, 0.1) is 0 Å². The van der Waals surface area contributed by atoms with Crippen LogP contribution in [0.2, 0.25) is 0 Å². The summed E-state index contributed by atoms with van der Waals surface area (Å²) >= 11 is 0. The van der Waals surface area contributed by atoms with Gasteiger partial charge in [-0.05, 0) is 12.8 Å². The van der Waals surface area contributed by atoms with Crippen molar-refractivity contribution in [3.63, 3.8) is 0 Å². The van der Waals surface area contributed by atoms with Crippen LogP contribution < -0.4 is 5.73 Å². The maximum absolute atomic E-state index is 10.6. The quantitative estimate of drug-likeness (QED) is 0.496. The second-order valence-electron chi connectivity index (χ2n) is 2.21. The van der Waals surface area contributed by atoms with Crippen LogP contribution in [0, 0.1) is 6.42 Å². The lowest BCUT2D eigenvalue weighted by Crippen LogP contribution is -2.39. The summed E-state index contributed by atoms with van der Waals surface area (Å²) in [5, 5.41) is 0. The molecule has 0 bridgehead atoms. The van der Waals surface area contributed by atoms with Gasteiger partial charge in [0.2, 0.25) is 12.3 Å². The molecular weight excluding hydrogens is 132 g/mol. The number of hydrogen-bond acceptors (Lipinski definition) is 2.